The van der Waals surface area contributed by atoms with Crippen LogP contribution in [0.1, 0.15) is 51.6 Å². The Morgan fingerprint density at radius 1 is 0.846 bits per heavy atom. The fraction of sp³-hybridized carbons (Fsp3) is 0.240. The van der Waals surface area contributed by atoms with E-state index in [2.05, 4.69) is 86.6 Å². The van der Waals surface area contributed by atoms with Crippen LogP contribution in [0.3, 0.4) is 0 Å². The average molecular weight is 415 g/mol. The van der Waals surface area contributed by atoms with Crippen LogP contribution in [-0.4, -0.2) is 0 Å². The first-order valence-corrected chi connectivity index (χ1v) is 8.85. The van der Waals surface area contributed by atoms with Gasteiger partial charge in [0, 0.05) is 32.7 Å². The number of aryl methyl sites for hydroxylation is 3. The molecule has 0 saturated heterocycles. The molecule has 131 valence electrons. The van der Waals surface area contributed by atoms with E-state index >= 15 is 0 Å². The maximum Gasteiger partial charge on any atom is 0 e. The van der Waals surface area contributed by atoms with E-state index in [1.165, 1.54) is 46.2 Å². The number of benzene rings is 3. The smallest absolute Gasteiger partial charge is 0 e. The topological polar surface area (TPSA) is 0 Å². The Morgan fingerprint density at radius 2 is 1.54 bits per heavy atom. The maximum absolute atomic E-state index is 3.41. The van der Waals surface area contributed by atoms with Crippen molar-refractivity contribution >= 4 is 0 Å². The Bertz CT molecular complexity index is 831. The second-order valence-electron chi connectivity index (χ2n) is 7.04. The first-order valence-electron chi connectivity index (χ1n) is 8.85. The van der Waals surface area contributed by atoms with Crippen molar-refractivity contribution in [2.75, 3.05) is 0 Å². The molecule has 4 rings (SSSR count). The quantitative estimate of drug-likeness (QED) is 0.424. The van der Waals surface area contributed by atoms with Crippen LogP contribution < -0.4 is 0 Å². The van der Waals surface area contributed by atoms with Gasteiger partial charge in [0.25, 0.3) is 0 Å². The molecule has 1 aliphatic rings. The standard InChI is InChI=1S/C24H23.CH3.Y/c1-17-7-11-20(12-8-17)23-16-15-19-5-3-4-6-22(19)24(23)21-13-9-18(2)10-14-21;;/h3-9,11-14,23-24H,15-16H2,1-2H3;1H3;/q2*-1;. The molecule has 2 atom stereocenters. The molecule has 2 unspecified atom stereocenters. The van der Waals surface area contributed by atoms with Gasteiger partial charge in [0.1, 0.15) is 0 Å². The summed E-state index contributed by atoms with van der Waals surface area (Å²) in [4.78, 5) is 0. The summed E-state index contributed by atoms with van der Waals surface area (Å²) in [5.74, 6) is 0.964. The molecule has 0 amide bonds. The molecule has 0 fully saturated rings. The minimum absolute atomic E-state index is 0. The van der Waals surface area contributed by atoms with E-state index in [4.69, 9.17) is 0 Å². The molecule has 26 heavy (non-hydrogen) atoms. The Labute approximate surface area is 183 Å². The molecule has 0 nitrogen and oxygen atoms in total. The summed E-state index contributed by atoms with van der Waals surface area (Å²) >= 11 is 0. The van der Waals surface area contributed by atoms with E-state index in [1.807, 2.05) is 0 Å². The minimum atomic E-state index is 0. The van der Waals surface area contributed by atoms with E-state index in [-0.39, 0.29) is 40.1 Å². The normalized spacial score (nSPS) is 18.2. The summed E-state index contributed by atoms with van der Waals surface area (Å²) in [6, 6.07) is 28.2. The Kier molecular flexibility index (Phi) is 7.38. The number of hydrogen-bond acceptors (Lipinski definition) is 0. The number of rotatable bonds is 2. The summed E-state index contributed by atoms with van der Waals surface area (Å²) < 4.78 is 0. The van der Waals surface area contributed by atoms with Crippen LogP contribution in [0.5, 0.6) is 0 Å². The molecule has 3 aromatic rings. The van der Waals surface area contributed by atoms with Crippen LogP contribution in [0.25, 0.3) is 0 Å². The largest absolute Gasteiger partial charge is 0.358 e. The van der Waals surface area contributed by atoms with E-state index in [0.29, 0.717) is 11.8 Å². The molecule has 0 aliphatic heterocycles. The second kappa shape index (κ2) is 9.11. The molecule has 1 heteroatoms. The molecule has 0 N–H and O–H groups in total. The molecule has 0 aromatic heterocycles. The molecule has 0 spiro atoms. The van der Waals surface area contributed by atoms with Crippen molar-refractivity contribution in [1.29, 1.82) is 0 Å². The van der Waals surface area contributed by atoms with Gasteiger partial charge in [-0.15, -0.1) is 5.56 Å². The van der Waals surface area contributed by atoms with Crippen LogP contribution in [-0.2, 0) is 39.1 Å². The van der Waals surface area contributed by atoms with Crippen LogP contribution in [0.2, 0.25) is 0 Å². The summed E-state index contributed by atoms with van der Waals surface area (Å²) in [5.41, 5.74) is 8.38. The van der Waals surface area contributed by atoms with Crippen molar-refractivity contribution in [2.24, 2.45) is 0 Å². The molecule has 1 aliphatic carbocycles. The Hall–Kier alpha value is -1.24. The Morgan fingerprint density at radius 3 is 2.23 bits per heavy atom. The van der Waals surface area contributed by atoms with Crippen molar-refractivity contribution in [3.63, 3.8) is 0 Å². The Balaban J connectivity index is 0.00000121. The van der Waals surface area contributed by atoms with Gasteiger partial charge in [-0.1, -0.05) is 61.0 Å². The van der Waals surface area contributed by atoms with E-state index < -0.39 is 0 Å². The molecule has 0 saturated carbocycles. The van der Waals surface area contributed by atoms with Gasteiger partial charge in [-0.3, -0.25) is 0 Å². The fourth-order valence-electron chi connectivity index (χ4n) is 4.05. The van der Waals surface area contributed by atoms with Gasteiger partial charge in [-0.05, 0) is 48.3 Å². The average Bonchev–Trinajstić information content (AvgIpc) is 2.62. The molecular formula is C25H26Y-2. The predicted molar refractivity (Wildman–Crippen MR) is 107 cm³/mol. The monoisotopic (exact) mass is 415 g/mol. The van der Waals surface area contributed by atoms with Crippen molar-refractivity contribution in [3.05, 3.63) is 114 Å². The van der Waals surface area contributed by atoms with E-state index in [1.54, 1.807) is 0 Å². The van der Waals surface area contributed by atoms with Crippen molar-refractivity contribution in [3.8, 4) is 0 Å². The van der Waals surface area contributed by atoms with Crippen LogP contribution >= 0.6 is 0 Å². The SMILES string of the molecule is Cc1[c-]cc(C2c3ccccc3CCC2c2ccc(C)cc2)cc1.[CH3-].[Y]. The van der Waals surface area contributed by atoms with Crippen LogP contribution in [0, 0.1) is 27.3 Å². The predicted octanol–water partition coefficient (Wildman–Crippen LogP) is 6.41. The molecule has 1 radical (unpaired) electrons. The van der Waals surface area contributed by atoms with Gasteiger partial charge in [0.15, 0.2) is 0 Å². The van der Waals surface area contributed by atoms with Crippen molar-refractivity contribution in [1.82, 2.24) is 0 Å². The van der Waals surface area contributed by atoms with Crippen molar-refractivity contribution in [2.45, 2.75) is 38.5 Å². The van der Waals surface area contributed by atoms with Gasteiger partial charge < -0.3 is 7.43 Å². The van der Waals surface area contributed by atoms with Gasteiger partial charge in [0.2, 0.25) is 0 Å². The summed E-state index contributed by atoms with van der Waals surface area (Å²) in [5, 5.41) is 0. The van der Waals surface area contributed by atoms with Crippen molar-refractivity contribution < 1.29 is 32.7 Å². The molecule has 0 heterocycles. The maximum atomic E-state index is 3.41. The number of hydrogen-bond donors (Lipinski definition) is 0. The first-order chi connectivity index (χ1) is 11.7. The summed E-state index contributed by atoms with van der Waals surface area (Å²) in [7, 11) is 0. The third kappa shape index (κ3) is 4.18. The summed E-state index contributed by atoms with van der Waals surface area (Å²) in [6.07, 6.45) is 2.37. The minimum Gasteiger partial charge on any atom is -0.358 e. The zero-order valence-electron chi connectivity index (χ0n) is 16.0. The molecule has 3 aromatic carbocycles. The zero-order chi connectivity index (χ0) is 16.5. The van der Waals surface area contributed by atoms with Gasteiger partial charge >= 0.3 is 0 Å². The first kappa shape index (κ1) is 21.1. The zero-order valence-corrected chi connectivity index (χ0v) is 18.8. The van der Waals surface area contributed by atoms with Crippen LogP contribution in [0.15, 0.2) is 66.7 Å². The number of fused-ring (bicyclic) bond motifs is 1. The van der Waals surface area contributed by atoms with Gasteiger partial charge in [0.05, 0.1) is 0 Å². The van der Waals surface area contributed by atoms with Gasteiger partial charge in [-0.25, -0.2) is 0 Å². The van der Waals surface area contributed by atoms with E-state index in [0.717, 1.165) is 0 Å². The van der Waals surface area contributed by atoms with E-state index in [9.17, 15) is 0 Å². The molecule has 0 bridgehead atoms. The third-order valence-corrected chi connectivity index (χ3v) is 5.37. The molecular weight excluding hydrogens is 389 g/mol. The summed E-state index contributed by atoms with van der Waals surface area (Å²) in [6.45, 7) is 4.27. The van der Waals surface area contributed by atoms with Gasteiger partial charge in [-0.2, -0.15) is 29.8 Å². The van der Waals surface area contributed by atoms with Crippen LogP contribution in [0.4, 0.5) is 0 Å². The third-order valence-electron chi connectivity index (χ3n) is 5.37. The second-order valence-corrected chi connectivity index (χ2v) is 7.04. The fourth-order valence-corrected chi connectivity index (χ4v) is 4.05.